The molecule has 0 bridgehead atoms. The molecule has 1 unspecified atom stereocenters. The first kappa shape index (κ1) is 21.5. The maximum absolute atomic E-state index is 13.3. The normalized spacial score (nSPS) is 17.5. The van der Waals surface area contributed by atoms with Crippen LogP contribution in [0.2, 0.25) is 0 Å². The molecule has 10 heteroatoms. The zero-order valence-corrected chi connectivity index (χ0v) is 16.3. The van der Waals surface area contributed by atoms with Crippen LogP contribution in [0.4, 0.5) is 4.39 Å². The van der Waals surface area contributed by atoms with Crippen LogP contribution in [0, 0.1) is 5.82 Å². The molecule has 1 aromatic carbocycles. The summed E-state index contributed by atoms with van der Waals surface area (Å²) in [6.45, 7) is 6.01. The lowest BCUT2D eigenvalue weighted by molar-refractivity contribution is 0.0179. The van der Waals surface area contributed by atoms with Crippen LogP contribution in [0.15, 0.2) is 29.3 Å². The van der Waals surface area contributed by atoms with Crippen molar-refractivity contribution < 1.29 is 17.5 Å². The number of aliphatic imine (C=N–C) groups is 1. The van der Waals surface area contributed by atoms with Crippen molar-refractivity contribution in [2.24, 2.45) is 10.1 Å². The van der Waals surface area contributed by atoms with Crippen molar-refractivity contribution in [1.29, 1.82) is 0 Å². The van der Waals surface area contributed by atoms with Gasteiger partial charge >= 0.3 is 0 Å². The zero-order valence-electron chi connectivity index (χ0n) is 15.5. The smallest absolute Gasteiger partial charge is 0.210 e. The monoisotopic (exact) mass is 401 g/mol. The highest BCUT2D eigenvalue weighted by Gasteiger charge is 2.22. The van der Waals surface area contributed by atoms with E-state index in [0.717, 1.165) is 18.7 Å². The van der Waals surface area contributed by atoms with Gasteiger partial charge < -0.3 is 15.4 Å². The molecule has 1 heterocycles. The number of primary sulfonamides is 1. The highest BCUT2D eigenvalue weighted by atomic mass is 32.2. The Hall–Kier alpha value is -1.75. The van der Waals surface area contributed by atoms with E-state index in [1.54, 1.807) is 12.1 Å². The number of benzene rings is 1. The summed E-state index contributed by atoms with van der Waals surface area (Å²) in [6.07, 6.45) is 0. The minimum Gasteiger partial charge on any atom is -0.379 e. The zero-order chi connectivity index (χ0) is 19.7. The van der Waals surface area contributed by atoms with Gasteiger partial charge in [-0.15, -0.1) is 0 Å². The van der Waals surface area contributed by atoms with E-state index in [0.29, 0.717) is 32.3 Å². The predicted octanol–water partition coefficient (Wildman–Crippen LogP) is 0.0426. The number of rotatable bonds is 8. The summed E-state index contributed by atoms with van der Waals surface area (Å²) < 4.78 is 40.9. The first-order valence-corrected chi connectivity index (χ1v) is 10.7. The van der Waals surface area contributed by atoms with Crippen LogP contribution >= 0.6 is 0 Å². The third-order valence-corrected chi connectivity index (χ3v) is 4.96. The Kier molecular flexibility index (Phi) is 8.42. The second kappa shape index (κ2) is 10.5. The average molecular weight is 402 g/mol. The molecule has 1 aliphatic rings. The molecule has 1 atom stereocenters. The largest absolute Gasteiger partial charge is 0.379 e. The van der Waals surface area contributed by atoms with Gasteiger partial charge in [-0.25, -0.2) is 17.9 Å². The van der Waals surface area contributed by atoms with Crippen LogP contribution in [-0.2, 0) is 14.8 Å². The molecular weight excluding hydrogens is 373 g/mol. The standard InChI is InChI=1S/C17H28FN5O3S/c1-2-20-17(21-7-12-27(19,24)25)22-13-16(23-8-10-26-11-9-23)14-3-5-15(18)6-4-14/h3-6,16H,2,7-13H2,1H3,(H2,19,24,25)(H2,20,21,22). The van der Waals surface area contributed by atoms with Crippen LogP contribution in [0.25, 0.3) is 0 Å². The highest BCUT2D eigenvalue weighted by Crippen LogP contribution is 2.22. The molecule has 0 aromatic heterocycles. The summed E-state index contributed by atoms with van der Waals surface area (Å²) in [7, 11) is -3.53. The van der Waals surface area contributed by atoms with Crippen LogP contribution < -0.4 is 15.8 Å². The number of hydrogen-bond acceptors (Lipinski definition) is 5. The first-order chi connectivity index (χ1) is 12.9. The van der Waals surface area contributed by atoms with E-state index in [2.05, 4.69) is 20.5 Å². The third-order valence-electron chi connectivity index (χ3n) is 4.19. The SMILES string of the molecule is CCNC(=NCC(c1ccc(F)cc1)N1CCOCC1)NCCS(N)(=O)=O. The van der Waals surface area contributed by atoms with Gasteiger partial charge in [0.1, 0.15) is 5.82 Å². The van der Waals surface area contributed by atoms with Crippen LogP contribution in [0.3, 0.4) is 0 Å². The second-order valence-electron chi connectivity index (χ2n) is 6.23. The van der Waals surface area contributed by atoms with Gasteiger partial charge in [0.05, 0.1) is 31.6 Å². The Bertz CT molecular complexity index is 706. The molecule has 152 valence electrons. The number of nitrogens with zero attached hydrogens (tertiary/aromatic N) is 2. The molecule has 4 N–H and O–H groups in total. The molecule has 0 amide bonds. The maximum atomic E-state index is 13.3. The van der Waals surface area contributed by atoms with E-state index < -0.39 is 10.0 Å². The van der Waals surface area contributed by atoms with Crippen molar-refractivity contribution in [2.75, 3.05) is 51.7 Å². The van der Waals surface area contributed by atoms with E-state index in [4.69, 9.17) is 9.88 Å². The van der Waals surface area contributed by atoms with Crippen molar-refractivity contribution >= 4 is 16.0 Å². The lowest BCUT2D eigenvalue weighted by Crippen LogP contribution is -2.42. The Morgan fingerprint density at radius 3 is 2.56 bits per heavy atom. The van der Waals surface area contributed by atoms with Gasteiger partial charge in [-0.1, -0.05) is 12.1 Å². The topological polar surface area (TPSA) is 109 Å². The molecule has 0 radical (unpaired) electrons. The van der Waals surface area contributed by atoms with Crippen molar-refractivity contribution in [2.45, 2.75) is 13.0 Å². The Morgan fingerprint density at radius 2 is 1.96 bits per heavy atom. The number of halogens is 1. The number of nitrogens with two attached hydrogens (primary N) is 1. The van der Waals surface area contributed by atoms with Gasteiger partial charge in [-0.2, -0.15) is 0 Å². The summed E-state index contributed by atoms with van der Waals surface area (Å²) >= 11 is 0. The molecule has 0 aliphatic carbocycles. The highest BCUT2D eigenvalue weighted by molar-refractivity contribution is 7.89. The number of ether oxygens (including phenoxy) is 1. The molecule has 1 aliphatic heterocycles. The number of nitrogens with one attached hydrogen (secondary N) is 2. The third kappa shape index (κ3) is 7.79. The van der Waals surface area contributed by atoms with Gasteiger partial charge in [-0.05, 0) is 24.6 Å². The summed E-state index contributed by atoms with van der Waals surface area (Å²) in [5.41, 5.74) is 0.974. The maximum Gasteiger partial charge on any atom is 0.210 e. The molecule has 2 rings (SSSR count). The molecule has 0 spiro atoms. The average Bonchev–Trinajstić information content (AvgIpc) is 2.63. The van der Waals surface area contributed by atoms with Gasteiger partial charge in [-0.3, -0.25) is 9.89 Å². The number of guanidine groups is 1. The lowest BCUT2D eigenvalue weighted by Gasteiger charge is -2.34. The summed E-state index contributed by atoms with van der Waals surface area (Å²) in [4.78, 5) is 6.85. The van der Waals surface area contributed by atoms with E-state index in [-0.39, 0.29) is 24.2 Å². The fourth-order valence-corrected chi connectivity index (χ4v) is 3.22. The van der Waals surface area contributed by atoms with Crippen LogP contribution in [-0.4, -0.2) is 71.0 Å². The predicted molar refractivity (Wildman–Crippen MR) is 103 cm³/mol. The van der Waals surface area contributed by atoms with Crippen molar-refractivity contribution in [3.8, 4) is 0 Å². The van der Waals surface area contributed by atoms with E-state index in [1.807, 2.05) is 6.92 Å². The molecule has 27 heavy (non-hydrogen) atoms. The van der Waals surface area contributed by atoms with Crippen molar-refractivity contribution in [3.63, 3.8) is 0 Å². The quantitative estimate of drug-likeness (QED) is 0.419. The second-order valence-corrected chi connectivity index (χ2v) is 7.96. The number of hydrogen-bond donors (Lipinski definition) is 3. The molecule has 1 saturated heterocycles. The number of morpholine rings is 1. The van der Waals surface area contributed by atoms with Crippen molar-refractivity contribution in [1.82, 2.24) is 15.5 Å². The minimum absolute atomic E-state index is 0.0248. The Balaban J connectivity index is 2.10. The van der Waals surface area contributed by atoms with Gasteiger partial charge in [0.15, 0.2) is 5.96 Å². The first-order valence-electron chi connectivity index (χ1n) is 8.99. The molecular formula is C17H28FN5O3S. The Morgan fingerprint density at radius 1 is 1.30 bits per heavy atom. The van der Waals surface area contributed by atoms with Gasteiger partial charge in [0.2, 0.25) is 10.0 Å². The van der Waals surface area contributed by atoms with Gasteiger partial charge in [0.25, 0.3) is 0 Å². The lowest BCUT2D eigenvalue weighted by atomic mass is 10.0. The molecule has 1 aromatic rings. The van der Waals surface area contributed by atoms with Crippen LogP contribution in [0.5, 0.6) is 0 Å². The van der Waals surface area contributed by atoms with E-state index in [9.17, 15) is 12.8 Å². The molecule has 0 saturated carbocycles. The fraction of sp³-hybridized carbons (Fsp3) is 0.588. The Labute approximate surface area is 160 Å². The van der Waals surface area contributed by atoms with E-state index >= 15 is 0 Å². The fourth-order valence-electron chi connectivity index (χ4n) is 2.84. The van der Waals surface area contributed by atoms with Crippen LogP contribution in [0.1, 0.15) is 18.5 Å². The summed E-state index contributed by atoms with van der Waals surface area (Å²) in [5.74, 6) is 0.0601. The summed E-state index contributed by atoms with van der Waals surface area (Å²) in [5, 5.41) is 11.1. The number of sulfonamides is 1. The molecule has 1 fully saturated rings. The van der Waals surface area contributed by atoms with Gasteiger partial charge in [0, 0.05) is 26.2 Å². The van der Waals surface area contributed by atoms with E-state index in [1.165, 1.54) is 12.1 Å². The minimum atomic E-state index is -3.53. The van der Waals surface area contributed by atoms with Crippen molar-refractivity contribution in [3.05, 3.63) is 35.6 Å². The molecule has 8 nitrogen and oxygen atoms in total. The summed E-state index contributed by atoms with van der Waals surface area (Å²) in [6, 6.07) is 6.41.